The third-order valence-electron chi connectivity index (χ3n) is 5.50. The molecule has 0 radical (unpaired) electrons. The Labute approximate surface area is 176 Å². The van der Waals surface area contributed by atoms with Crippen LogP contribution in [0.1, 0.15) is 41.2 Å². The standard InChI is InChI=1S/C25H27NO4/c1-17-5-8-19(24-15-21(28)14-23(16-27)29-24)13-20(17)12-18-6-9-22(10-7-18)30-25-4-2-3-11-26-25/h2-11,13,21,23-24,27-28H,12,14-16H2,1H3/t21?,23-,24+/m0/s1. The maximum atomic E-state index is 10.1. The molecule has 1 unspecified atom stereocenters. The molecular weight excluding hydrogens is 378 g/mol. The number of rotatable bonds is 6. The molecule has 0 amide bonds. The van der Waals surface area contributed by atoms with Crippen LogP contribution in [0, 0.1) is 6.92 Å². The topological polar surface area (TPSA) is 71.8 Å². The molecule has 5 heteroatoms. The predicted octanol–water partition coefficient (Wildman–Crippen LogP) is 4.35. The molecule has 1 aromatic heterocycles. The van der Waals surface area contributed by atoms with E-state index in [0.717, 1.165) is 17.7 Å². The zero-order valence-electron chi connectivity index (χ0n) is 17.1. The normalized spacial score (nSPS) is 21.4. The Morgan fingerprint density at radius 3 is 2.63 bits per heavy atom. The van der Waals surface area contributed by atoms with Gasteiger partial charge in [-0.2, -0.15) is 0 Å². The van der Waals surface area contributed by atoms with Crippen LogP contribution in [0.2, 0.25) is 0 Å². The second-order valence-electron chi connectivity index (χ2n) is 7.83. The fourth-order valence-corrected chi connectivity index (χ4v) is 3.83. The summed E-state index contributed by atoms with van der Waals surface area (Å²) < 4.78 is 11.7. The van der Waals surface area contributed by atoms with E-state index >= 15 is 0 Å². The van der Waals surface area contributed by atoms with Gasteiger partial charge in [-0.25, -0.2) is 4.98 Å². The van der Waals surface area contributed by atoms with Crippen LogP contribution in [0.25, 0.3) is 0 Å². The quantitative estimate of drug-likeness (QED) is 0.638. The Balaban J connectivity index is 1.47. The van der Waals surface area contributed by atoms with E-state index in [0.29, 0.717) is 18.7 Å². The first-order valence-electron chi connectivity index (χ1n) is 10.3. The summed E-state index contributed by atoms with van der Waals surface area (Å²) in [4.78, 5) is 4.18. The lowest BCUT2D eigenvalue weighted by molar-refractivity contribution is -0.113. The molecule has 1 fully saturated rings. The molecule has 0 bridgehead atoms. The van der Waals surface area contributed by atoms with E-state index in [4.69, 9.17) is 9.47 Å². The Hall–Kier alpha value is -2.73. The molecular formula is C25H27NO4. The predicted molar refractivity (Wildman–Crippen MR) is 115 cm³/mol. The number of ether oxygens (including phenoxy) is 2. The van der Waals surface area contributed by atoms with Crippen molar-refractivity contribution in [3.8, 4) is 11.6 Å². The Kier molecular flexibility index (Phi) is 6.43. The Bertz CT molecular complexity index is 959. The Morgan fingerprint density at radius 2 is 1.90 bits per heavy atom. The highest BCUT2D eigenvalue weighted by Gasteiger charge is 2.29. The number of aromatic nitrogens is 1. The molecule has 2 N–H and O–H groups in total. The number of aryl methyl sites for hydroxylation is 1. The fraction of sp³-hybridized carbons (Fsp3) is 0.320. The van der Waals surface area contributed by atoms with Gasteiger partial charge in [0.2, 0.25) is 5.88 Å². The highest BCUT2D eigenvalue weighted by atomic mass is 16.5. The number of aliphatic hydroxyl groups excluding tert-OH is 2. The molecule has 5 nitrogen and oxygen atoms in total. The molecule has 0 saturated carbocycles. The van der Waals surface area contributed by atoms with E-state index < -0.39 is 6.10 Å². The van der Waals surface area contributed by atoms with Gasteiger partial charge in [0.1, 0.15) is 5.75 Å². The number of benzene rings is 2. The molecule has 2 heterocycles. The van der Waals surface area contributed by atoms with Crippen LogP contribution >= 0.6 is 0 Å². The number of hydrogen-bond donors (Lipinski definition) is 2. The summed E-state index contributed by atoms with van der Waals surface area (Å²) in [5.74, 6) is 1.33. The molecule has 4 rings (SSSR count). The first-order valence-corrected chi connectivity index (χ1v) is 10.3. The van der Waals surface area contributed by atoms with E-state index in [-0.39, 0.29) is 18.8 Å². The minimum absolute atomic E-state index is 0.0702. The minimum atomic E-state index is -0.447. The van der Waals surface area contributed by atoms with Gasteiger partial charge in [-0.1, -0.05) is 36.4 Å². The van der Waals surface area contributed by atoms with Crippen LogP contribution in [0.4, 0.5) is 0 Å². The minimum Gasteiger partial charge on any atom is -0.439 e. The van der Waals surface area contributed by atoms with E-state index in [2.05, 4.69) is 42.2 Å². The molecule has 0 spiro atoms. The Morgan fingerprint density at radius 1 is 1.07 bits per heavy atom. The van der Waals surface area contributed by atoms with Gasteiger partial charge in [-0.3, -0.25) is 0 Å². The van der Waals surface area contributed by atoms with Crippen molar-refractivity contribution in [1.82, 2.24) is 4.98 Å². The number of pyridine rings is 1. The van der Waals surface area contributed by atoms with E-state index in [1.807, 2.05) is 30.3 Å². The van der Waals surface area contributed by atoms with Crippen molar-refractivity contribution in [3.63, 3.8) is 0 Å². The molecule has 3 aromatic rings. The summed E-state index contributed by atoms with van der Waals surface area (Å²) >= 11 is 0. The van der Waals surface area contributed by atoms with Gasteiger partial charge in [0.25, 0.3) is 0 Å². The lowest BCUT2D eigenvalue weighted by Crippen LogP contribution is -2.33. The lowest BCUT2D eigenvalue weighted by atomic mass is 9.92. The van der Waals surface area contributed by atoms with Crippen molar-refractivity contribution in [3.05, 3.63) is 89.1 Å². The SMILES string of the molecule is Cc1ccc([C@H]2CC(O)C[C@@H](CO)O2)cc1Cc1ccc(Oc2ccccn2)cc1. The first kappa shape index (κ1) is 20.5. The summed E-state index contributed by atoms with van der Waals surface area (Å²) in [6.07, 6.45) is 2.59. The van der Waals surface area contributed by atoms with Gasteiger partial charge >= 0.3 is 0 Å². The van der Waals surface area contributed by atoms with Crippen LogP contribution in [-0.4, -0.2) is 34.0 Å². The third kappa shape index (κ3) is 5.05. The first-order chi connectivity index (χ1) is 14.6. The summed E-state index contributed by atoms with van der Waals surface area (Å²) in [5, 5.41) is 19.6. The van der Waals surface area contributed by atoms with E-state index in [1.54, 1.807) is 6.20 Å². The van der Waals surface area contributed by atoms with Crippen LogP contribution < -0.4 is 4.74 Å². The second kappa shape index (κ2) is 9.39. The van der Waals surface area contributed by atoms with Crippen molar-refractivity contribution in [2.45, 2.75) is 44.5 Å². The smallest absolute Gasteiger partial charge is 0.219 e. The highest BCUT2D eigenvalue weighted by Crippen LogP contribution is 2.33. The van der Waals surface area contributed by atoms with Crippen molar-refractivity contribution in [2.75, 3.05) is 6.61 Å². The zero-order valence-corrected chi connectivity index (χ0v) is 17.1. The lowest BCUT2D eigenvalue weighted by Gasteiger charge is -2.32. The van der Waals surface area contributed by atoms with Crippen molar-refractivity contribution in [1.29, 1.82) is 0 Å². The largest absolute Gasteiger partial charge is 0.439 e. The molecule has 156 valence electrons. The van der Waals surface area contributed by atoms with Crippen LogP contribution in [-0.2, 0) is 11.2 Å². The van der Waals surface area contributed by atoms with Gasteiger partial charge in [-0.15, -0.1) is 0 Å². The average molecular weight is 405 g/mol. The van der Waals surface area contributed by atoms with Gasteiger partial charge in [0.05, 0.1) is 24.9 Å². The maximum absolute atomic E-state index is 10.1. The highest BCUT2D eigenvalue weighted by molar-refractivity contribution is 5.38. The summed E-state index contributed by atoms with van der Waals surface area (Å²) in [6.45, 7) is 2.03. The van der Waals surface area contributed by atoms with E-state index in [9.17, 15) is 10.2 Å². The van der Waals surface area contributed by atoms with Crippen molar-refractivity contribution in [2.24, 2.45) is 0 Å². The number of hydrogen-bond acceptors (Lipinski definition) is 5. The summed E-state index contributed by atoms with van der Waals surface area (Å²) in [6, 6.07) is 19.9. The summed E-state index contributed by atoms with van der Waals surface area (Å²) in [5.41, 5.74) is 4.65. The molecule has 2 aromatic carbocycles. The molecule has 1 aliphatic heterocycles. The second-order valence-corrected chi connectivity index (χ2v) is 7.83. The summed E-state index contributed by atoms with van der Waals surface area (Å²) in [7, 11) is 0. The molecule has 1 saturated heterocycles. The van der Waals surface area contributed by atoms with Crippen molar-refractivity contribution >= 4 is 0 Å². The van der Waals surface area contributed by atoms with Gasteiger partial charge < -0.3 is 19.7 Å². The van der Waals surface area contributed by atoms with Crippen LogP contribution in [0.5, 0.6) is 11.6 Å². The molecule has 1 aliphatic rings. The van der Waals surface area contributed by atoms with E-state index in [1.165, 1.54) is 16.7 Å². The molecule has 0 aliphatic carbocycles. The van der Waals surface area contributed by atoms with Gasteiger partial charge in [0.15, 0.2) is 0 Å². The fourth-order valence-electron chi connectivity index (χ4n) is 3.83. The van der Waals surface area contributed by atoms with Gasteiger partial charge in [0, 0.05) is 25.1 Å². The van der Waals surface area contributed by atoms with Crippen molar-refractivity contribution < 1.29 is 19.7 Å². The molecule has 3 atom stereocenters. The third-order valence-corrected chi connectivity index (χ3v) is 5.50. The zero-order chi connectivity index (χ0) is 20.9. The van der Waals surface area contributed by atoms with Crippen LogP contribution in [0.3, 0.4) is 0 Å². The van der Waals surface area contributed by atoms with Gasteiger partial charge in [-0.05, 0) is 53.8 Å². The van der Waals surface area contributed by atoms with Crippen LogP contribution in [0.15, 0.2) is 66.9 Å². The monoisotopic (exact) mass is 405 g/mol. The molecule has 30 heavy (non-hydrogen) atoms. The average Bonchev–Trinajstić information content (AvgIpc) is 2.77. The number of aliphatic hydroxyl groups is 2. The number of nitrogens with zero attached hydrogens (tertiary/aromatic N) is 1. The maximum Gasteiger partial charge on any atom is 0.219 e.